The molecule has 1 aromatic heterocycles. The maximum Gasteiger partial charge on any atom is 0.356 e. The van der Waals surface area contributed by atoms with Crippen LogP contribution in [-0.2, 0) is 4.74 Å². The molecule has 0 saturated carbocycles. The first kappa shape index (κ1) is 14.4. The van der Waals surface area contributed by atoms with Gasteiger partial charge in [0.1, 0.15) is 17.7 Å². The molecule has 2 heterocycles. The lowest BCUT2D eigenvalue weighted by molar-refractivity contribution is 0.0393. The van der Waals surface area contributed by atoms with Gasteiger partial charge in [0.15, 0.2) is 5.69 Å². The first-order valence-electron chi connectivity index (χ1n) is 6.81. The second-order valence-corrected chi connectivity index (χ2v) is 4.93. The number of nitrogens with zero attached hydrogens (tertiary/aromatic N) is 3. The first-order chi connectivity index (χ1) is 10.6. The summed E-state index contributed by atoms with van der Waals surface area (Å²) in [6, 6.07) is 6.30. The molecule has 6 nitrogen and oxygen atoms in total. The van der Waals surface area contributed by atoms with Gasteiger partial charge in [0, 0.05) is 13.1 Å². The average molecular weight is 303 g/mol. The van der Waals surface area contributed by atoms with Crippen LogP contribution in [0.1, 0.15) is 22.2 Å². The fourth-order valence-electron chi connectivity index (χ4n) is 2.36. The topological polar surface area (TPSA) is 75.5 Å². The van der Waals surface area contributed by atoms with Crippen molar-refractivity contribution in [3.05, 3.63) is 53.7 Å². The van der Waals surface area contributed by atoms with Crippen LogP contribution < -0.4 is 4.90 Å². The van der Waals surface area contributed by atoms with Gasteiger partial charge in [0.25, 0.3) is 0 Å². The summed E-state index contributed by atoms with van der Waals surface area (Å²) < 4.78 is 19.0. The summed E-state index contributed by atoms with van der Waals surface area (Å²) in [5.41, 5.74) is 0.665. The highest BCUT2D eigenvalue weighted by molar-refractivity contribution is 5.84. The molecule has 22 heavy (non-hydrogen) atoms. The van der Waals surface area contributed by atoms with Gasteiger partial charge in [-0.05, 0) is 17.7 Å². The number of carboxylic acids is 1. The Morgan fingerprint density at radius 2 is 2.23 bits per heavy atom. The van der Waals surface area contributed by atoms with E-state index in [9.17, 15) is 9.18 Å². The van der Waals surface area contributed by atoms with Crippen molar-refractivity contribution in [2.24, 2.45) is 0 Å². The Kier molecular flexibility index (Phi) is 3.97. The highest BCUT2D eigenvalue weighted by Crippen LogP contribution is 2.25. The Morgan fingerprint density at radius 1 is 1.36 bits per heavy atom. The monoisotopic (exact) mass is 303 g/mol. The molecule has 0 spiro atoms. The van der Waals surface area contributed by atoms with E-state index in [-0.39, 0.29) is 17.6 Å². The van der Waals surface area contributed by atoms with Crippen LogP contribution in [0.2, 0.25) is 0 Å². The zero-order valence-corrected chi connectivity index (χ0v) is 11.6. The number of halogens is 1. The minimum atomic E-state index is -1.11. The lowest BCUT2D eigenvalue weighted by atomic mass is 10.1. The standard InChI is InChI=1S/C15H14FN3O3/c16-11-3-1-2-10(6-11)13-9-19(4-5-22-13)14-8-17-12(7-18-14)15(20)21/h1-3,6-8,13H,4-5,9H2,(H,20,21). The molecule has 114 valence electrons. The summed E-state index contributed by atoms with van der Waals surface area (Å²) in [6.07, 6.45) is 2.40. The zero-order chi connectivity index (χ0) is 15.5. The molecule has 2 aromatic rings. The smallest absolute Gasteiger partial charge is 0.356 e. The maximum absolute atomic E-state index is 13.3. The van der Waals surface area contributed by atoms with E-state index in [1.54, 1.807) is 6.07 Å². The van der Waals surface area contributed by atoms with Crippen molar-refractivity contribution in [1.82, 2.24) is 9.97 Å². The molecule has 1 saturated heterocycles. The first-order valence-corrected chi connectivity index (χ1v) is 6.81. The minimum Gasteiger partial charge on any atom is -0.476 e. The summed E-state index contributed by atoms with van der Waals surface area (Å²) in [5, 5.41) is 8.83. The van der Waals surface area contributed by atoms with Crippen molar-refractivity contribution >= 4 is 11.8 Å². The average Bonchev–Trinajstić information content (AvgIpc) is 2.55. The lowest BCUT2D eigenvalue weighted by Crippen LogP contribution is -2.39. The number of ether oxygens (including phenoxy) is 1. The number of anilines is 1. The van der Waals surface area contributed by atoms with Crippen LogP contribution in [-0.4, -0.2) is 40.7 Å². The van der Waals surface area contributed by atoms with Crippen molar-refractivity contribution in [1.29, 1.82) is 0 Å². The molecule has 1 atom stereocenters. The van der Waals surface area contributed by atoms with Crippen molar-refractivity contribution in [2.75, 3.05) is 24.6 Å². The van der Waals surface area contributed by atoms with E-state index in [2.05, 4.69) is 9.97 Å². The zero-order valence-electron chi connectivity index (χ0n) is 11.6. The van der Waals surface area contributed by atoms with Crippen molar-refractivity contribution in [3.63, 3.8) is 0 Å². The number of carbonyl (C=O) groups is 1. The van der Waals surface area contributed by atoms with E-state index in [0.717, 1.165) is 5.56 Å². The fraction of sp³-hybridized carbons (Fsp3) is 0.267. The van der Waals surface area contributed by atoms with Gasteiger partial charge in [-0.15, -0.1) is 0 Å². The van der Waals surface area contributed by atoms with Gasteiger partial charge in [-0.3, -0.25) is 0 Å². The van der Waals surface area contributed by atoms with E-state index in [1.165, 1.54) is 24.5 Å². The van der Waals surface area contributed by atoms with Gasteiger partial charge in [-0.2, -0.15) is 0 Å². The third-order valence-corrected chi connectivity index (χ3v) is 3.47. The van der Waals surface area contributed by atoms with Crippen LogP contribution in [0.15, 0.2) is 36.7 Å². The number of morpholine rings is 1. The second kappa shape index (κ2) is 6.07. The highest BCUT2D eigenvalue weighted by atomic mass is 19.1. The van der Waals surface area contributed by atoms with E-state index < -0.39 is 5.97 Å². The molecule has 0 aliphatic carbocycles. The van der Waals surface area contributed by atoms with Crippen molar-refractivity contribution in [2.45, 2.75) is 6.10 Å². The molecule has 1 aliphatic rings. The maximum atomic E-state index is 13.3. The Morgan fingerprint density at radius 3 is 2.91 bits per heavy atom. The normalized spacial score (nSPS) is 18.2. The van der Waals surface area contributed by atoms with Crippen LogP contribution >= 0.6 is 0 Å². The minimum absolute atomic E-state index is 0.0984. The molecular weight excluding hydrogens is 289 g/mol. The SMILES string of the molecule is O=C(O)c1cnc(N2CCOC(c3cccc(F)c3)C2)cn1. The van der Waals surface area contributed by atoms with E-state index in [0.29, 0.717) is 25.5 Å². The number of hydrogen-bond donors (Lipinski definition) is 1. The van der Waals surface area contributed by atoms with Crippen LogP contribution in [0.5, 0.6) is 0 Å². The predicted octanol–water partition coefficient (Wildman–Crippen LogP) is 1.89. The van der Waals surface area contributed by atoms with Crippen LogP contribution in [0.4, 0.5) is 10.2 Å². The number of rotatable bonds is 3. The lowest BCUT2D eigenvalue weighted by Gasteiger charge is -2.33. The molecule has 1 N–H and O–H groups in total. The number of carboxylic acid groups (broad SMARTS) is 1. The van der Waals surface area contributed by atoms with Gasteiger partial charge in [0.05, 0.1) is 19.0 Å². The summed E-state index contributed by atoms with van der Waals surface area (Å²) in [5.74, 6) is -0.836. The number of benzene rings is 1. The van der Waals surface area contributed by atoms with E-state index in [4.69, 9.17) is 9.84 Å². The van der Waals surface area contributed by atoms with E-state index in [1.807, 2.05) is 11.0 Å². The third kappa shape index (κ3) is 3.04. The molecule has 0 radical (unpaired) electrons. The summed E-state index contributed by atoms with van der Waals surface area (Å²) in [6.45, 7) is 1.60. The third-order valence-electron chi connectivity index (χ3n) is 3.47. The van der Waals surface area contributed by atoms with Gasteiger partial charge in [-0.25, -0.2) is 19.2 Å². The Bertz CT molecular complexity index is 678. The van der Waals surface area contributed by atoms with Gasteiger partial charge in [-0.1, -0.05) is 12.1 Å². The van der Waals surface area contributed by atoms with E-state index >= 15 is 0 Å². The van der Waals surface area contributed by atoms with Crippen LogP contribution in [0.3, 0.4) is 0 Å². The quantitative estimate of drug-likeness (QED) is 0.933. The fourth-order valence-corrected chi connectivity index (χ4v) is 2.36. The molecule has 0 bridgehead atoms. The molecule has 7 heteroatoms. The summed E-state index contributed by atoms with van der Waals surface area (Å²) in [4.78, 5) is 20.7. The molecule has 3 rings (SSSR count). The molecule has 1 fully saturated rings. The second-order valence-electron chi connectivity index (χ2n) is 4.93. The van der Waals surface area contributed by atoms with Crippen molar-refractivity contribution in [3.8, 4) is 0 Å². The summed E-state index contributed by atoms with van der Waals surface area (Å²) in [7, 11) is 0. The van der Waals surface area contributed by atoms with Crippen LogP contribution in [0.25, 0.3) is 0 Å². The van der Waals surface area contributed by atoms with Crippen molar-refractivity contribution < 1.29 is 19.0 Å². The van der Waals surface area contributed by atoms with Gasteiger partial charge in [0.2, 0.25) is 0 Å². The van der Waals surface area contributed by atoms with Gasteiger partial charge < -0.3 is 14.7 Å². The van der Waals surface area contributed by atoms with Crippen LogP contribution in [0, 0.1) is 5.82 Å². The molecule has 1 aromatic carbocycles. The number of hydrogen-bond acceptors (Lipinski definition) is 5. The Labute approximate surface area is 126 Å². The largest absolute Gasteiger partial charge is 0.476 e. The highest BCUT2D eigenvalue weighted by Gasteiger charge is 2.23. The molecule has 0 amide bonds. The number of aromatic carboxylic acids is 1. The summed E-state index contributed by atoms with van der Waals surface area (Å²) >= 11 is 0. The predicted molar refractivity (Wildman–Crippen MR) is 76.3 cm³/mol. The molecule has 1 aliphatic heterocycles. The molecular formula is C15H14FN3O3. The Balaban J connectivity index is 1.76. The van der Waals surface area contributed by atoms with Gasteiger partial charge >= 0.3 is 5.97 Å². The Hall–Kier alpha value is -2.54. The molecule has 1 unspecified atom stereocenters. The number of aromatic nitrogens is 2.